The van der Waals surface area contributed by atoms with Gasteiger partial charge in [0.05, 0.1) is 30.2 Å². The lowest BCUT2D eigenvalue weighted by Gasteiger charge is -2.13. The van der Waals surface area contributed by atoms with E-state index in [2.05, 4.69) is 25.6 Å². The van der Waals surface area contributed by atoms with Crippen molar-refractivity contribution in [2.24, 2.45) is 4.99 Å². The van der Waals surface area contributed by atoms with E-state index in [1.807, 2.05) is 6.07 Å². The Kier molecular flexibility index (Phi) is 4.52. The molecule has 0 radical (unpaired) electrons. The van der Waals surface area contributed by atoms with Crippen LogP contribution in [0.5, 0.6) is 0 Å². The van der Waals surface area contributed by atoms with Crippen molar-refractivity contribution in [2.45, 2.75) is 19.0 Å². The molecule has 1 fully saturated rings. The summed E-state index contributed by atoms with van der Waals surface area (Å²) in [5, 5.41) is 6.70. The molecule has 3 aromatic rings. The molecule has 0 bridgehead atoms. The van der Waals surface area contributed by atoms with Gasteiger partial charge >= 0.3 is 0 Å². The van der Waals surface area contributed by atoms with Crippen molar-refractivity contribution >= 4 is 11.5 Å². The first kappa shape index (κ1) is 17.9. The molecule has 0 spiro atoms. The van der Waals surface area contributed by atoms with E-state index in [4.69, 9.17) is 0 Å². The normalized spacial score (nSPS) is 17.9. The van der Waals surface area contributed by atoms with Crippen LogP contribution in [0, 0.1) is 11.6 Å². The summed E-state index contributed by atoms with van der Waals surface area (Å²) in [6.07, 6.45) is 4.40. The number of hydrogen-bond acceptors (Lipinski definition) is 5. The van der Waals surface area contributed by atoms with Crippen molar-refractivity contribution in [1.29, 1.82) is 0 Å². The van der Waals surface area contributed by atoms with Crippen molar-refractivity contribution in [2.75, 3.05) is 18.4 Å². The molecule has 0 unspecified atom stereocenters. The number of anilines is 1. The Morgan fingerprint density at radius 3 is 2.72 bits per heavy atom. The summed E-state index contributed by atoms with van der Waals surface area (Å²) in [6.45, 7) is 2.39. The summed E-state index contributed by atoms with van der Waals surface area (Å²) in [6, 6.07) is 9.60. The molecule has 2 aliphatic rings. The van der Waals surface area contributed by atoms with Crippen molar-refractivity contribution in [3.8, 4) is 11.1 Å². The molecule has 0 saturated carbocycles. The van der Waals surface area contributed by atoms with Crippen LogP contribution in [0.25, 0.3) is 11.1 Å². The molecule has 5 nitrogen and oxygen atoms in total. The van der Waals surface area contributed by atoms with Gasteiger partial charge in [-0.05, 0) is 42.3 Å². The van der Waals surface area contributed by atoms with E-state index in [0.717, 1.165) is 30.6 Å². The van der Waals surface area contributed by atoms with Gasteiger partial charge in [-0.15, -0.1) is 0 Å². The zero-order valence-electron chi connectivity index (χ0n) is 15.6. The quantitative estimate of drug-likeness (QED) is 0.714. The highest BCUT2D eigenvalue weighted by atomic mass is 19.1. The van der Waals surface area contributed by atoms with E-state index in [1.165, 1.54) is 18.2 Å². The van der Waals surface area contributed by atoms with Crippen LogP contribution in [0.2, 0.25) is 0 Å². The SMILES string of the molecule is Fc1cccc(F)c1-c1ccc2c(c1)C(c1cncc(N[C@@H]3CCNC3)n1)=NC2. The standard InChI is InChI=1S/C22H19F2N5/c23-17-2-1-3-18(24)21(17)13-4-5-14-9-27-22(16(14)8-13)19-11-26-12-20(29-19)28-15-6-7-25-10-15/h1-5,8,11-12,15,25H,6-7,9-10H2,(H,28,29)/t15-/m1/s1. The summed E-state index contributed by atoms with van der Waals surface area (Å²) in [5.74, 6) is -0.473. The van der Waals surface area contributed by atoms with E-state index in [1.54, 1.807) is 24.5 Å². The average molecular weight is 391 g/mol. The molecule has 29 heavy (non-hydrogen) atoms. The maximum atomic E-state index is 14.2. The number of aliphatic imine (C=N–C) groups is 1. The molecule has 3 heterocycles. The zero-order valence-corrected chi connectivity index (χ0v) is 15.6. The maximum Gasteiger partial charge on any atom is 0.145 e. The lowest BCUT2D eigenvalue weighted by molar-refractivity contribution is 0.589. The van der Waals surface area contributed by atoms with Crippen LogP contribution >= 0.6 is 0 Å². The molecule has 146 valence electrons. The van der Waals surface area contributed by atoms with Gasteiger partial charge in [-0.1, -0.05) is 18.2 Å². The Bertz CT molecular complexity index is 1090. The average Bonchev–Trinajstić information content (AvgIpc) is 3.37. The highest BCUT2D eigenvalue weighted by Gasteiger charge is 2.22. The highest BCUT2D eigenvalue weighted by molar-refractivity contribution is 6.14. The van der Waals surface area contributed by atoms with Crippen molar-refractivity contribution < 1.29 is 8.78 Å². The molecule has 1 atom stereocenters. The molecule has 0 aliphatic carbocycles. The molecule has 5 rings (SSSR count). The maximum absolute atomic E-state index is 14.2. The second kappa shape index (κ2) is 7.33. The summed E-state index contributed by atoms with van der Waals surface area (Å²) < 4.78 is 28.5. The Hall–Kier alpha value is -3.19. The Balaban J connectivity index is 1.49. The van der Waals surface area contributed by atoms with Crippen LogP contribution in [0.15, 0.2) is 53.8 Å². The van der Waals surface area contributed by atoms with Crippen LogP contribution < -0.4 is 10.6 Å². The van der Waals surface area contributed by atoms with Crippen molar-refractivity contribution in [1.82, 2.24) is 15.3 Å². The smallest absolute Gasteiger partial charge is 0.145 e. The summed E-state index contributed by atoms with van der Waals surface area (Å²) in [5.41, 5.74) is 3.62. The van der Waals surface area contributed by atoms with Gasteiger partial charge in [0.1, 0.15) is 23.1 Å². The second-order valence-corrected chi connectivity index (χ2v) is 7.26. The van der Waals surface area contributed by atoms with E-state index >= 15 is 0 Å². The second-order valence-electron chi connectivity index (χ2n) is 7.26. The predicted molar refractivity (Wildman–Crippen MR) is 108 cm³/mol. The van der Waals surface area contributed by atoms with Gasteiger partial charge < -0.3 is 10.6 Å². The third kappa shape index (κ3) is 3.38. The van der Waals surface area contributed by atoms with Gasteiger partial charge in [-0.2, -0.15) is 0 Å². The fourth-order valence-electron chi connectivity index (χ4n) is 3.87. The van der Waals surface area contributed by atoms with Gasteiger partial charge in [0, 0.05) is 18.2 Å². The Morgan fingerprint density at radius 1 is 1.07 bits per heavy atom. The fourth-order valence-corrected chi connectivity index (χ4v) is 3.87. The van der Waals surface area contributed by atoms with E-state index < -0.39 is 11.6 Å². The van der Waals surface area contributed by atoms with Gasteiger partial charge in [-0.3, -0.25) is 9.98 Å². The van der Waals surface area contributed by atoms with Crippen LogP contribution in [0.3, 0.4) is 0 Å². The van der Waals surface area contributed by atoms with Crippen LogP contribution in [-0.2, 0) is 6.54 Å². The molecule has 7 heteroatoms. The molecule has 0 amide bonds. The molecule has 2 aliphatic heterocycles. The molecular formula is C22H19F2N5. The molecule has 1 saturated heterocycles. The van der Waals surface area contributed by atoms with Crippen molar-refractivity contribution in [3.63, 3.8) is 0 Å². The number of nitrogens with zero attached hydrogens (tertiary/aromatic N) is 3. The third-order valence-electron chi connectivity index (χ3n) is 5.31. The highest BCUT2D eigenvalue weighted by Crippen LogP contribution is 2.31. The number of rotatable bonds is 4. The minimum absolute atomic E-state index is 0.0308. The summed E-state index contributed by atoms with van der Waals surface area (Å²) in [4.78, 5) is 13.6. The first-order valence-corrected chi connectivity index (χ1v) is 9.61. The van der Waals surface area contributed by atoms with Gasteiger partial charge in [0.2, 0.25) is 0 Å². The lowest BCUT2D eigenvalue weighted by Crippen LogP contribution is -2.23. The lowest BCUT2D eigenvalue weighted by atomic mass is 9.96. The number of aromatic nitrogens is 2. The Labute approximate surface area is 166 Å². The fraction of sp³-hybridized carbons (Fsp3) is 0.227. The van der Waals surface area contributed by atoms with E-state index in [-0.39, 0.29) is 5.56 Å². The predicted octanol–water partition coefficient (Wildman–Crippen LogP) is 3.55. The summed E-state index contributed by atoms with van der Waals surface area (Å²) in [7, 11) is 0. The van der Waals surface area contributed by atoms with Crippen molar-refractivity contribution in [3.05, 3.63) is 77.2 Å². The molecule has 1 aromatic heterocycles. The number of benzene rings is 2. The Morgan fingerprint density at radius 2 is 1.93 bits per heavy atom. The van der Waals surface area contributed by atoms with Crippen LogP contribution in [-0.4, -0.2) is 34.8 Å². The first-order valence-electron chi connectivity index (χ1n) is 9.61. The topological polar surface area (TPSA) is 62.2 Å². The third-order valence-corrected chi connectivity index (χ3v) is 5.31. The number of fused-ring (bicyclic) bond motifs is 1. The minimum Gasteiger partial charge on any atom is -0.365 e. The minimum atomic E-state index is -0.586. The number of nitrogens with one attached hydrogen (secondary N) is 2. The van der Waals surface area contributed by atoms with Crippen LogP contribution in [0.1, 0.15) is 23.2 Å². The molecule has 2 N–H and O–H groups in total. The zero-order chi connectivity index (χ0) is 19.8. The summed E-state index contributed by atoms with van der Waals surface area (Å²) >= 11 is 0. The van der Waals surface area contributed by atoms with Gasteiger partial charge in [0.15, 0.2) is 0 Å². The first-order chi connectivity index (χ1) is 14.2. The van der Waals surface area contributed by atoms with E-state index in [9.17, 15) is 8.78 Å². The number of halogens is 2. The molecule has 2 aromatic carbocycles. The van der Waals surface area contributed by atoms with Gasteiger partial charge in [-0.25, -0.2) is 13.8 Å². The van der Waals surface area contributed by atoms with E-state index in [0.29, 0.717) is 35.4 Å². The molecular weight excluding hydrogens is 372 g/mol. The monoisotopic (exact) mass is 391 g/mol. The van der Waals surface area contributed by atoms with Crippen LogP contribution in [0.4, 0.5) is 14.6 Å². The largest absolute Gasteiger partial charge is 0.365 e. The van der Waals surface area contributed by atoms with Gasteiger partial charge in [0.25, 0.3) is 0 Å². The number of hydrogen-bond donors (Lipinski definition) is 2.